The summed E-state index contributed by atoms with van der Waals surface area (Å²) in [6, 6.07) is 7.93. The van der Waals surface area contributed by atoms with Crippen LogP contribution in [0, 0.1) is 6.92 Å². The molecule has 2 heterocycles. The van der Waals surface area contributed by atoms with Crippen molar-refractivity contribution in [1.29, 1.82) is 0 Å². The van der Waals surface area contributed by atoms with Crippen LogP contribution < -0.4 is 0 Å². The molecule has 0 spiro atoms. The predicted octanol–water partition coefficient (Wildman–Crippen LogP) is 2.22. The quantitative estimate of drug-likeness (QED) is 0.895. The number of rotatable bonds is 2. The Bertz CT molecular complexity index is 633. The number of carboxylic acids is 1. The maximum Gasteiger partial charge on any atom is 0.314 e. The Morgan fingerprint density at radius 3 is 3.05 bits per heavy atom. The monoisotopic (exact) mass is 257 g/mol. The van der Waals surface area contributed by atoms with Crippen molar-refractivity contribution in [2.24, 2.45) is 0 Å². The molecule has 98 valence electrons. The first-order valence-electron chi connectivity index (χ1n) is 6.40. The van der Waals surface area contributed by atoms with Crippen molar-refractivity contribution in [2.45, 2.75) is 32.2 Å². The Morgan fingerprint density at radius 2 is 2.32 bits per heavy atom. The van der Waals surface area contributed by atoms with E-state index in [1.165, 1.54) is 0 Å². The number of aryl methyl sites for hydroxylation is 2. The molecule has 5 heteroatoms. The smallest absolute Gasteiger partial charge is 0.314 e. The van der Waals surface area contributed by atoms with Gasteiger partial charge < -0.3 is 5.11 Å². The summed E-state index contributed by atoms with van der Waals surface area (Å²) in [5, 5.41) is 13.7. The first-order valence-corrected chi connectivity index (χ1v) is 6.40. The molecular formula is C14H15N3O2. The Balaban J connectivity index is 2.04. The number of carbonyl (C=O) groups is 1. The molecule has 1 unspecified atom stereocenters. The number of benzene rings is 1. The molecule has 1 aliphatic rings. The van der Waals surface area contributed by atoms with Crippen LogP contribution in [0.1, 0.15) is 30.1 Å². The zero-order chi connectivity index (χ0) is 13.4. The van der Waals surface area contributed by atoms with Gasteiger partial charge in [0.25, 0.3) is 0 Å². The van der Waals surface area contributed by atoms with Crippen LogP contribution >= 0.6 is 0 Å². The molecule has 0 bridgehead atoms. The van der Waals surface area contributed by atoms with E-state index in [4.69, 9.17) is 0 Å². The summed E-state index contributed by atoms with van der Waals surface area (Å²) >= 11 is 0. The van der Waals surface area contributed by atoms with Gasteiger partial charge in [-0.05, 0) is 25.8 Å². The first kappa shape index (κ1) is 11.9. The molecule has 0 aliphatic carbocycles. The summed E-state index contributed by atoms with van der Waals surface area (Å²) in [5.41, 5.74) is 2.08. The van der Waals surface area contributed by atoms with Crippen molar-refractivity contribution in [2.75, 3.05) is 0 Å². The summed E-state index contributed by atoms with van der Waals surface area (Å²) in [4.78, 5) is 15.7. The number of carboxylic acid groups (broad SMARTS) is 1. The lowest BCUT2D eigenvalue weighted by Crippen LogP contribution is -2.22. The van der Waals surface area contributed by atoms with Gasteiger partial charge in [0.15, 0.2) is 5.82 Å². The van der Waals surface area contributed by atoms with Crippen LogP contribution in [0.5, 0.6) is 0 Å². The molecule has 0 radical (unpaired) electrons. The maximum atomic E-state index is 11.2. The van der Waals surface area contributed by atoms with Gasteiger partial charge >= 0.3 is 5.97 Å². The standard InChI is InChI=1S/C14H15N3O2/c1-9-4-2-5-10(8-9)12-15-13-11(14(18)19)6-3-7-17(13)16-12/h2,4-5,8,11H,3,6-7H2,1H3,(H,18,19). The molecule has 0 amide bonds. The van der Waals surface area contributed by atoms with E-state index in [0.717, 1.165) is 24.1 Å². The van der Waals surface area contributed by atoms with Gasteiger partial charge in [0, 0.05) is 12.1 Å². The van der Waals surface area contributed by atoms with Crippen molar-refractivity contribution in [3.63, 3.8) is 0 Å². The number of aromatic nitrogens is 3. The van der Waals surface area contributed by atoms with Gasteiger partial charge in [0.1, 0.15) is 11.7 Å². The van der Waals surface area contributed by atoms with Crippen LogP contribution in [0.2, 0.25) is 0 Å². The van der Waals surface area contributed by atoms with Crippen LogP contribution in [-0.2, 0) is 11.3 Å². The van der Waals surface area contributed by atoms with E-state index < -0.39 is 11.9 Å². The third-order valence-electron chi connectivity index (χ3n) is 3.45. The van der Waals surface area contributed by atoms with Crippen LogP contribution in [0.15, 0.2) is 24.3 Å². The van der Waals surface area contributed by atoms with Gasteiger partial charge in [-0.1, -0.05) is 23.8 Å². The number of hydrogen-bond acceptors (Lipinski definition) is 3. The fourth-order valence-electron chi connectivity index (χ4n) is 2.49. The fraction of sp³-hybridized carbons (Fsp3) is 0.357. The molecule has 2 aromatic rings. The number of aliphatic carboxylic acids is 1. The normalized spacial score (nSPS) is 18.1. The Hall–Kier alpha value is -2.17. The van der Waals surface area contributed by atoms with Crippen LogP contribution in [0.4, 0.5) is 0 Å². The number of hydrogen-bond donors (Lipinski definition) is 1. The average molecular weight is 257 g/mol. The lowest BCUT2D eigenvalue weighted by Gasteiger charge is -2.17. The lowest BCUT2D eigenvalue weighted by atomic mass is 10.00. The largest absolute Gasteiger partial charge is 0.481 e. The predicted molar refractivity (Wildman–Crippen MR) is 69.8 cm³/mol. The zero-order valence-electron chi connectivity index (χ0n) is 10.7. The van der Waals surface area contributed by atoms with E-state index in [0.29, 0.717) is 18.1 Å². The summed E-state index contributed by atoms with van der Waals surface area (Å²) < 4.78 is 1.74. The van der Waals surface area contributed by atoms with Crippen molar-refractivity contribution in [3.8, 4) is 11.4 Å². The topological polar surface area (TPSA) is 68.0 Å². The minimum absolute atomic E-state index is 0.528. The minimum Gasteiger partial charge on any atom is -0.481 e. The summed E-state index contributed by atoms with van der Waals surface area (Å²) in [6.07, 6.45) is 1.47. The third-order valence-corrected chi connectivity index (χ3v) is 3.45. The number of fused-ring (bicyclic) bond motifs is 1. The molecular weight excluding hydrogens is 242 g/mol. The lowest BCUT2D eigenvalue weighted by molar-refractivity contribution is -0.139. The maximum absolute atomic E-state index is 11.2. The summed E-state index contributed by atoms with van der Waals surface area (Å²) in [6.45, 7) is 2.76. The molecule has 3 rings (SSSR count). The van der Waals surface area contributed by atoms with Crippen LogP contribution in [-0.4, -0.2) is 25.8 Å². The van der Waals surface area contributed by atoms with E-state index in [2.05, 4.69) is 10.1 Å². The molecule has 5 nitrogen and oxygen atoms in total. The van der Waals surface area contributed by atoms with E-state index in [1.54, 1.807) is 4.68 Å². The average Bonchev–Trinajstić information content (AvgIpc) is 2.82. The van der Waals surface area contributed by atoms with Crippen LogP contribution in [0.3, 0.4) is 0 Å². The second kappa shape index (κ2) is 4.50. The molecule has 1 aromatic heterocycles. The SMILES string of the molecule is Cc1cccc(-c2nc3n(n2)CCCC3C(=O)O)c1. The van der Waals surface area contributed by atoms with E-state index in [9.17, 15) is 9.90 Å². The first-order chi connectivity index (χ1) is 9.15. The van der Waals surface area contributed by atoms with Gasteiger partial charge in [-0.15, -0.1) is 0 Å². The highest BCUT2D eigenvalue weighted by Gasteiger charge is 2.29. The van der Waals surface area contributed by atoms with Crippen molar-refractivity contribution in [1.82, 2.24) is 14.8 Å². The molecule has 1 atom stereocenters. The number of nitrogens with zero attached hydrogens (tertiary/aromatic N) is 3. The summed E-state index contributed by atoms with van der Waals surface area (Å²) in [5.74, 6) is -0.147. The Labute approximate surface area is 110 Å². The molecule has 1 N–H and O–H groups in total. The Kier molecular flexibility index (Phi) is 2.81. The van der Waals surface area contributed by atoms with Gasteiger partial charge in [0.05, 0.1) is 0 Å². The summed E-state index contributed by atoms with van der Waals surface area (Å²) in [7, 11) is 0. The molecule has 0 fully saturated rings. The van der Waals surface area contributed by atoms with Crippen molar-refractivity contribution >= 4 is 5.97 Å². The van der Waals surface area contributed by atoms with Gasteiger partial charge in [0.2, 0.25) is 0 Å². The molecule has 0 saturated heterocycles. The molecule has 1 aliphatic heterocycles. The second-order valence-corrected chi connectivity index (χ2v) is 4.92. The van der Waals surface area contributed by atoms with Gasteiger partial charge in [-0.25, -0.2) is 9.67 Å². The third kappa shape index (κ3) is 2.12. The second-order valence-electron chi connectivity index (χ2n) is 4.92. The minimum atomic E-state index is -0.816. The van der Waals surface area contributed by atoms with E-state index in [-0.39, 0.29) is 0 Å². The molecule has 0 saturated carbocycles. The van der Waals surface area contributed by atoms with Crippen molar-refractivity contribution < 1.29 is 9.90 Å². The highest BCUT2D eigenvalue weighted by atomic mass is 16.4. The van der Waals surface area contributed by atoms with Gasteiger partial charge in [-0.2, -0.15) is 5.10 Å². The highest BCUT2D eigenvalue weighted by Crippen LogP contribution is 2.28. The Morgan fingerprint density at radius 1 is 1.47 bits per heavy atom. The van der Waals surface area contributed by atoms with E-state index >= 15 is 0 Å². The van der Waals surface area contributed by atoms with E-state index in [1.807, 2.05) is 31.2 Å². The molecule has 1 aromatic carbocycles. The highest BCUT2D eigenvalue weighted by molar-refractivity contribution is 5.75. The van der Waals surface area contributed by atoms with Crippen molar-refractivity contribution in [3.05, 3.63) is 35.7 Å². The zero-order valence-corrected chi connectivity index (χ0v) is 10.7. The van der Waals surface area contributed by atoms with Crippen LogP contribution in [0.25, 0.3) is 11.4 Å². The fourth-order valence-corrected chi connectivity index (χ4v) is 2.49. The molecule has 19 heavy (non-hydrogen) atoms. The van der Waals surface area contributed by atoms with Gasteiger partial charge in [-0.3, -0.25) is 4.79 Å².